The Bertz CT molecular complexity index is 575. The Morgan fingerprint density at radius 3 is 2.58 bits per heavy atom. The summed E-state index contributed by atoms with van der Waals surface area (Å²) in [7, 11) is 0. The summed E-state index contributed by atoms with van der Waals surface area (Å²) in [5, 5.41) is 3.11. The zero-order valence-electron chi connectivity index (χ0n) is 10.3. The van der Waals surface area contributed by atoms with Crippen LogP contribution in [-0.2, 0) is 0 Å². The van der Waals surface area contributed by atoms with Crippen molar-refractivity contribution in [3.05, 3.63) is 58.5 Å². The molecule has 4 heteroatoms. The van der Waals surface area contributed by atoms with E-state index in [0.29, 0.717) is 16.2 Å². The summed E-state index contributed by atoms with van der Waals surface area (Å²) in [5.41, 5.74) is 1.71. The van der Waals surface area contributed by atoms with Gasteiger partial charge in [0.05, 0.1) is 17.9 Å². The van der Waals surface area contributed by atoms with E-state index in [1.54, 1.807) is 6.07 Å². The summed E-state index contributed by atoms with van der Waals surface area (Å²) in [5.74, 6) is 0.457. The minimum atomic E-state index is -0.0959. The van der Waals surface area contributed by atoms with Gasteiger partial charge in [0.15, 0.2) is 4.67 Å². The maximum Gasteiger partial charge on any atom is 0.256 e. The van der Waals surface area contributed by atoms with Crippen molar-refractivity contribution < 1.29 is 9.21 Å². The van der Waals surface area contributed by atoms with Crippen LogP contribution in [0.1, 0.15) is 34.8 Å². The highest BCUT2D eigenvalue weighted by molar-refractivity contribution is 9.10. The van der Waals surface area contributed by atoms with Gasteiger partial charge in [0.1, 0.15) is 0 Å². The largest absolute Gasteiger partial charge is 0.457 e. The first kappa shape index (κ1) is 12.5. The maximum absolute atomic E-state index is 12.2. The number of amides is 1. The Morgan fingerprint density at radius 2 is 2.00 bits per heavy atom. The molecule has 1 aromatic carbocycles. The van der Waals surface area contributed by atoms with E-state index in [4.69, 9.17) is 4.42 Å². The Labute approximate surface area is 120 Å². The minimum Gasteiger partial charge on any atom is -0.457 e. The van der Waals surface area contributed by atoms with Gasteiger partial charge < -0.3 is 9.73 Å². The van der Waals surface area contributed by atoms with Crippen molar-refractivity contribution in [1.29, 1.82) is 0 Å². The molecule has 2 aromatic rings. The van der Waals surface area contributed by atoms with Crippen molar-refractivity contribution in [3.8, 4) is 0 Å². The molecular formula is C15H14BrNO2. The number of carbonyl (C=O) groups is 1. The van der Waals surface area contributed by atoms with E-state index in [2.05, 4.69) is 33.4 Å². The van der Waals surface area contributed by atoms with Crippen LogP contribution in [0.15, 0.2) is 51.7 Å². The molecule has 1 saturated carbocycles. The smallest absolute Gasteiger partial charge is 0.256 e. The van der Waals surface area contributed by atoms with Crippen LogP contribution in [0.2, 0.25) is 0 Å². The van der Waals surface area contributed by atoms with Crippen LogP contribution >= 0.6 is 15.9 Å². The second kappa shape index (κ2) is 5.21. The lowest BCUT2D eigenvalue weighted by Crippen LogP contribution is -2.29. The van der Waals surface area contributed by atoms with Crippen LogP contribution in [0.25, 0.3) is 0 Å². The normalized spacial score (nSPS) is 16.1. The van der Waals surface area contributed by atoms with Crippen molar-refractivity contribution in [2.45, 2.75) is 18.9 Å². The van der Waals surface area contributed by atoms with Gasteiger partial charge in [-0.1, -0.05) is 30.3 Å². The highest BCUT2D eigenvalue weighted by Crippen LogP contribution is 2.41. The van der Waals surface area contributed by atoms with E-state index >= 15 is 0 Å². The van der Waals surface area contributed by atoms with Crippen molar-refractivity contribution in [2.24, 2.45) is 5.92 Å². The average molecular weight is 320 g/mol. The Balaban J connectivity index is 1.79. The van der Waals surface area contributed by atoms with Gasteiger partial charge in [-0.3, -0.25) is 4.79 Å². The average Bonchev–Trinajstić information content (AvgIpc) is 3.18. The third-order valence-corrected chi connectivity index (χ3v) is 4.02. The molecule has 0 spiro atoms. The Morgan fingerprint density at radius 1 is 1.26 bits per heavy atom. The van der Waals surface area contributed by atoms with Gasteiger partial charge in [-0.15, -0.1) is 0 Å². The Hall–Kier alpha value is -1.55. The molecule has 1 aromatic heterocycles. The molecule has 1 heterocycles. The molecule has 0 aliphatic heterocycles. The van der Waals surface area contributed by atoms with E-state index in [-0.39, 0.29) is 11.9 Å². The van der Waals surface area contributed by atoms with Crippen molar-refractivity contribution >= 4 is 21.8 Å². The van der Waals surface area contributed by atoms with Gasteiger partial charge in [0.2, 0.25) is 0 Å². The monoisotopic (exact) mass is 319 g/mol. The van der Waals surface area contributed by atoms with Gasteiger partial charge in [0.25, 0.3) is 5.91 Å². The summed E-state index contributed by atoms with van der Waals surface area (Å²) >= 11 is 3.24. The molecular weight excluding hydrogens is 306 g/mol. The van der Waals surface area contributed by atoms with Crippen molar-refractivity contribution in [2.75, 3.05) is 0 Å². The van der Waals surface area contributed by atoms with E-state index in [1.165, 1.54) is 19.1 Å². The first-order valence-electron chi connectivity index (χ1n) is 6.34. The van der Waals surface area contributed by atoms with Gasteiger partial charge >= 0.3 is 0 Å². The maximum atomic E-state index is 12.2. The molecule has 1 fully saturated rings. The lowest BCUT2D eigenvalue weighted by Gasteiger charge is -2.18. The number of carbonyl (C=O) groups excluding carboxylic acids is 1. The van der Waals surface area contributed by atoms with Gasteiger partial charge in [-0.05, 0) is 46.3 Å². The zero-order valence-corrected chi connectivity index (χ0v) is 11.9. The highest BCUT2D eigenvalue weighted by atomic mass is 79.9. The Kier molecular flexibility index (Phi) is 3.42. The van der Waals surface area contributed by atoms with Crippen molar-refractivity contribution in [3.63, 3.8) is 0 Å². The molecule has 1 unspecified atom stereocenters. The van der Waals surface area contributed by atoms with Crippen LogP contribution in [0.4, 0.5) is 0 Å². The number of halogens is 1. The lowest BCUT2D eigenvalue weighted by molar-refractivity contribution is 0.0930. The molecule has 0 bridgehead atoms. The minimum absolute atomic E-state index is 0.0931. The van der Waals surface area contributed by atoms with E-state index < -0.39 is 0 Å². The third-order valence-electron chi connectivity index (χ3n) is 3.40. The molecule has 0 radical (unpaired) electrons. The van der Waals surface area contributed by atoms with E-state index in [0.717, 1.165) is 5.56 Å². The van der Waals surface area contributed by atoms with Crippen LogP contribution < -0.4 is 5.32 Å². The summed E-state index contributed by atoms with van der Waals surface area (Å²) in [4.78, 5) is 12.2. The molecule has 1 aliphatic rings. The molecule has 1 amide bonds. The number of hydrogen-bond acceptors (Lipinski definition) is 2. The van der Waals surface area contributed by atoms with Crippen LogP contribution in [0.5, 0.6) is 0 Å². The molecule has 98 valence electrons. The fraction of sp³-hybridized carbons (Fsp3) is 0.267. The standard InChI is InChI=1S/C15H14BrNO2/c16-14-12(8-9-19-14)15(18)17-13(11-6-7-11)10-4-2-1-3-5-10/h1-5,8-9,11,13H,6-7H2,(H,17,18). The highest BCUT2D eigenvalue weighted by Gasteiger charge is 2.33. The van der Waals surface area contributed by atoms with Gasteiger partial charge in [-0.2, -0.15) is 0 Å². The van der Waals surface area contributed by atoms with Crippen LogP contribution in [0, 0.1) is 5.92 Å². The number of nitrogens with one attached hydrogen (secondary N) is 1. The van der Waals surface area contributed by atoms with Gasteiger partial charge in [0, 0.05) is 0 Å². The molecule has 0 saturated heterocycles. The fourth-order valence-electron chi connectivity index (χ4n) is 2.24. The zero-order chi connectivity index (χ0) is 13.2. The predicted molar refractivity (Wildman–Crippen MR) is 75.8 cm³/mol. The van der Waals surface area contributed by atoms with Crippen LogP contribution in [0.3, 0.4) is 0 Å². The quantitative estimate of drug-likeness (QED) is 0.928. The molecule has 3 nitrogen and oxygen atoms in total. The second-order valence-corrected chi connectivity index (χ2v) is 5.53. The molecule has 3 rings (SSSR count). The lowest BCUT2D eigenvalue weighted by atomic mass is 10.0. The molecule has 1 aliphatic carbocycles. The predicted octanol–water partition coefficient (Wildman–Crippen LogP) is 3.92. The first-order chi connectivity index (χ1) is 9.25. The SMILES string of the molecule is O=C(NC(c1ccccc1)C1CC1)c1ccoc1Br. The third kappa shape index (κ3) is 2.73. The summed E-state index contributed by atoms with van der Waals surface area (Å²) in [6.07, 6.45) is 3.85. The number of hydrogen-bond donors (Lipinski definition) is 1. The van der Waals surface area contributed by atoms with E-state index in [9.17, 15) is 4.79 Å². The van der Waals surface area contributed by atoms with Crippen molar-refractivity contribution in [1.82, 2.24) is 5.32 Å². The molecule has 1 atom stereocenters. The van der Waals surface area contributed by atoms with Crippen LogP contribution in [-0.4, -0.2) is 5.91 Å². The summed E-state index contributed by atoms with van der Waals surface area (Å²) < 4.78 is 5.58. The fourth-order valence-corrected chi connectivity index (χ4v) is 2.66. The van der Waals surface area contributed by atoms with E-state index in [1.807, 2.05) is 18.2 Å². The number of rotatable bonds is 4. The summed E-state index contributed by atoms with van der Waals surface area (Å²) in [6, 6.07) is 11.9. The molecule has 1 N–H and O–H groups in total. The second-order valence-electron chi connectivity index (χ2n) is 4.81. The first-order valence-corrected chi connectivity index (χ1v) is 7.14. The topological polar surface area (TPSA) is 42.2 Å². The summed E-state index contributed by atoms with van der Waals surface area (Å²) in [6.45, 7) is 0. The number of furan rings is 1. The van der Waals surface area contributed by atoms with Gasteiger partial charge in [-0.25, -0.2) is 0 Å². The number of benzene rings is 1. The molecule has 19 heavy (non-hydrogen) atoms.